The molecule has 3 aromatic carbocycles. The highest BCUT2D eigenvalue weighted by Gasteiger charge is 2.35. The molecular weight excluding hydrogens is 635 g/mol. The van der Waals surface area contributed by atoms with Crippen molar-refractivity contribution in [3.63, 3.8) is 0 Å². The lowest BCUT2D eigenvalue weighted by Gasteiger charge is -2.39. The molecule has 6 bridgehead atoms. The summed E-state index contributed by atoms with van der Waals surface area (Å²) in [7, 11) is 2.73. The van der Waals surface area contributed by atoms with E-state index in [0.717, 1.165) is 0 Å². The summed E-state index contributed by atoms with van der Waals surface area (Å²) in [5, 5.41) is 5.73. The Hall–Kier alpha value is -5.98. The molecule has 4 aromatic rings. The third kappa shape index (κ3) is 7.45. The highest BCUT2D eigenvalue weighted by Crippen LogP contribution is 2.29. The number of halogens is 1. The van der Waals surface area contributed by atoms with Crippen molar-refractivity contribution >= 4 is 23.7 Å². The highest BCUT2D eigenvalue weighted by molar-refractivity contribution is 5.98. The molecule has 0 radical (unpaired) electrons. The second-order valence-electron chi connectivity index (χ2n) is 11.5. The zero-order valence-electron chi connectivity index (χ0n) is 26.7. The van der Waals surface area contributed by atoms with Gasteiger partial charge in [0.1, 0.15) is 29.2 Å². The maximum atomic E-state index is 15.2. The monoisotopic (exact) mass is 668 g/mol. The first-order valence-electron chi connectivity index (χ1n) is 15.5. The molecule has 13 heteroatoms. The van der Waals surface area contributed by atoms with E-state index in [0.29, 0.717) is 40.4 Å². The maximum absolute atomic E-state index is 15.2. The van der Waals surface area contributed by atoms with Crippen LogP contribution in [0.4, 0.5) is 4.39 Å². The van der Waals surface area contributed by atoms with Crippen LogP contribution in [0.25, 0.3) is 11.1 Å². The topological polar surface area (TPSA) is 145 Å². The van der Waals surface area contributed by atoms with E-state index >= 15 is 4.39 Å². The summed E-state index contributed by atoms with van der Waals surface area (Å²) in [6.07, 6.45) is 2.32. The molecular formula is C36H33FN4O8. The molecule has 1 aromatic heterocycles. The lowest BCUT2D eigenvalue weighted by atomic mass is 9.99. The van der Waals surface area contributed by atoms with Crippen molar-refractivity contribution in [2.75, 3.05) is 33.9 Å². The van der Waals surface area contributed by atoms with Crippen LogP contribution in [0.5, 0.6) is 17.2 Å². The first kappa shape index (κ1) is 32.9. The van der Waals surface area contributed by atoms with Crippen LogP contribution in [0.3, 0.4) is 0 Å². The van der Waals surface area contributed by atoms with Gasteiger partial charge in [-0.2, -0.15) is 0 Å². The molecule has 2 atom stereocenters. The Morgan fingerprint density at radius 3 is 2.59 bits per heavy atom. The summed E-state index contributed by atoms with van der Waals surface area (Å²) in [6, 6.07) is 16.8. The van der Waals surface area contributed by atoms with Gasteiger partial charge in [0.05, 0.1) is 37.0 Å². The Kier molecular flexibility index (Phi) is 9.69. The number of aromatic nitrogens is 1. The van der Waals surface area contributed by atoms with Crippen LogP contribution in [0.15, 0.2) is 79.1 Å². The van der Waals surface area contributed by atoms with E-state index in [1.54, 1.807) is 48.5 Å². The van der Waals surface area contributed by atoms with Crippen molar-refractivity contribution in [3.8, 4) is 28.4 Å². The maximum Gasteiger partial charge on any atom is 0.339 e. The summed E-state index contributed by atoms with van der Waals surface area (Å²) < 4.78 is 37.6. The second kappa shape index (κ2) is 14.4. The fourth-order valence-corrected chi connectivity index (χ4v) is 5.77. The number of ether oxygens (including phenoxy) is 4. The predicted molar refractivity (Wildman–Crippen MR) is 174 cm³/mol. The van der Waals surface area contributed by atoms with Gasteiger partial charge in [-0.05, 0) is 53.6 Å². The number of nitrogens with one attached hydrogen (secondary N) is 2. The molecule has 0 aliphatic carbocycles. The van der Waals surface area contributed by atoms with E-state index in [1.165, 1.54) is 49.7 Å². The van der Waals surface area contributed by atoms with Gasteiger partial charge in [-0.25, -0.2) is 9.18 Å². The summed E-state index contributed by atoms with van der Waals surface area (Å²) in [6.45, 7) is 0.205. The predicted octanol–water partition coefficient (Wildman–Crippen LogP) is 3.78. The van der Waals surface area contributed by atoms with Crippen molar-refractivity contribution in [2.24, 2.45) is 0 Å². The van der Waals surface area contributed by atoms with Gasteiger partial charge in [-0.1, -0.05) is 18.2 Å². The summed E-state index contributed by atoms with van der Waals surface area (Å²) in [4.78, 5) is 57.6. The smallest absolute Gasteiger partial charge is 0.339 e. The number of fused-ring (bicyclic) bond motifs is 7. The molecule has 3 aliphatic rings. The minimum absolute atomic E-state index is 0.0135. The number of likely N-dealkylation sites (tertiary alicyclic amines) is 1. The van der Waals surface area contributed by atoms with Gasteiger partial charge in [0.15, 0.2) is 6.61 Å². The number of methoxy groups -OCH3 is 2. The summed E-state index contributed by atoms with van der Waals surface area (Å²) in [5.41, 5.74) is 1.96. The third-order valence-corrected chi connectivity index (χ3v) is 8.33. The molecule has 252 valence electrons. The Bertz CT molecular complexity index is 1920. The number of nitrogens with zero attached hydrogens (tertiary/aromatic N) is 2. The number of piperidine rings is 1. The van der Waals surface area contributed by atoms with Crippen LogP contribution in [-0.4, -0.2) is 79.6 Å². The van der Waals surface area contributed by atoms with Crippen LogP contribution in [0.1, 0.15) is 43.1 Å². The van der Waals surface area contributed by atoms with Crippen molar-refractivity contribution in [2.45, 2.75) is 25.1 Å². The molecule has 12 nitrogen and oxygen atoms in total. The molecule has 4 heterocycles. The number of hydrogen-bond acceptors (Lipinski definition) is 9. The number of rotatable bonds is 3. The van der Waals surface area contributed by atoms with Crippen LogP contribution < -0.4 is 24.8 Å². The minimum Gasteiger partial charge on any atom is -0.496 e. The average Bonchev–Trinajstić information content (AvgIpc) is 3.13. The first-order valence-corrected chi connectivity index (χ1v) is 15.5. The van der Waals surface area contributed by atoms with E-state index in [2.05, 4.69) is 15.6 Å². The van der Waals surface area contributed by atoms with E-state index < -0.39 is 35.7 Å². The van der Waals surface area contributed by atoms with Crippen molar-refractivity contribution in [1.29, 1.82) is 0 Å². The number of amides is 3. The molecule has 2 N–H and O–H groups in total. The number of pyridine rings is 1. The lowest BCUT2D eigenvalue weighted by Crippen LogP contribution is -2.58. The molecule has 0 saturated carbocycles. The number of esters is 1. The van der Waals surface area contributed by atoms with Crippen LogP contribution >= 0.6 is 0 Å². The SMILES string of the molecule is COC(=O)c1cncc(C(=O)N2CC[C@@H]3Oc4ccc(c(OC)c4)CNC(=O)COc4cccc(c4)-c4ccc(F)c(c4)C(=O)N[C@@H]3C2)c1. The summed E-state index contributed by atoms with van der Waals surface area (Å²) in [5.74, 6) is -1.53. The Balaban J connectivity index is 1.35. The first-order chi connectivity index (χ1) is 23.7. The fraction of sp³-hybridized carbons (Fsp3) is 0.250. The van der Waals surface area contributed by atoms with Crippen molar-refractivity contribution in [3.05, 3.63) is 107 Å². The van der Waals surface area contributed by atoms with Crippen LogP contribution in [-0.2, 0) is 16.1 Å². The summed E-state index contributed by atoms with van der Waals surface area (Å²) >= 11 is 0. The molecule has 7 rings (SSSR count). The van der Waals surface area contributed by atoms with Gasteiger partial charge in [0, 0.05) is 50.1 Å². The Morgan fingerprint density at radius 2 is 1.78 bits per heavy atom. The molecule has 1 saturated heterocycles. The Morgan fingerprint density at radius 1 is 0.959 bits per heavy atom. The van der Waals surface area contributed by atoms with Gasteiger partial charge >= 0.3 is 5.97 Å². The number of hydrogen-bond donors (Lipinski definition) is 2. The van der Waals surface area contributed by atoms with Gasteiger partial charge < -0.3 is 34.5 Å². The lowest BCUT2D eigenvalue weighted by molar-refractivity contribution is -0.123. The molecule has 3 aliphatic heterocycles. The molecule has 3 amide bonds. The number of benzene rings is 3. The molecule has 0 unspecified atom stereocenters. The largest absolute Gasteiger partial charge is 0.496 e. The average molecular weight is 669 g/mol. The second-order valence-corrected chi connectivity index (χ2v) is 11.5. The third-order valence-electron chi connectivity index (χ3n) is 8.33. The van der Waals surface area contributed by atoms with Crippen molar-refractivity contribution < 1.29 is 42.5 Å². The van der Waals surface area contributed by atoms with Gasteiger partial charge in [0.2, 0.25) is 0 Å². The molecule has 0 spiro atoms. The van der Waals surface area contributed by atoms with Gasteiger partial charge in [-0.3, -0.25) is 19.4 Å². The van der Waals surface area contributed by atoms with E-state index in [4.69, 9.17) is 18.9 Å². The quantitative estimate of drug-likeness (QED) is 0.312. The molecule has 1 fully saturated rings. The number of carbonyl (C=O) groups is 4. The van der Waals surface area contributed by atoms with E-state index in [9.17, 15) is 19.2 Å². The highest BCUT2D eigenvalue weighted by atomic mass is 19.1. The van der Waals surface area contributed by atoms with Crippen LogP contribution in [0, 0.1) is 5.82 Å². The normalized spacial score (nSPS) is 17.7. The minimum atomic E-state index is -0.780. The zero-order chi connectivity index (χ0) is 34.5. The standard InChI is InChI=1S/C36H33FN4O8/c1-46-32-15-27-8-6-23(32)18-39-33(42)20-48-26-5-3-4-21(13-26)22-7-9-29(37)28(14-22)34(43)40-30-19-41(11-10-31(30)49-27)35(44)24-12-25(17-38-16-24)36(45)47-2/h3-9,12-17,30-31H,10-11,18-20H2,1-2H3,(H,39,42)(H,40,43)/t30-,31+/m1/s1. The van der Waals surface area contributed by atoms with Gasteiger partial charge in [0.25, 0.3) is 17.7 Å². The van der Waals surface area contributed by atoms with Gasteiger partial charge in [-0.15, -0.1) is 0 Å². The molecule has 49 heavy (non-hydrogen) atoms. The zero-order valence-corrected chi connectivity index (χ0v) is 26.7. The van der Waals surface area contributed by atoms with E-state index in [1.807, 2.05) is 0 Å². The van der Waals surface area contributed by atoms with Crippen LogP contribution in [0.2, 0.25) is 0 Å². The fourth-order valence-electron chi connectivity index (χ4n) is 5.77. The Labute approximate surface area is 281 Å². The van der Waals surface area contributed by atoms with Crippen molar-refractivity contribution in [1.82, 2.24) is 20.5 Å². The number of carbonyl (C=O) groups excluding carboxylic acids is 4. The van der Waals surface area contributed by atoms with E-state index in [-0.39, 0.29) is 48.8 Å².